The minimum Gasteiger partial charge on any atom is -0.507 e. The molecule has 1 saturated heterocycles. The molecule has 3 aromatic rings. The Kier molecular flexibility index (Phi) is 6.08. The lowest BCUT2D eigenvalue weighted by atomic mass is 9.94. The molecule has 1 amide bonds. The maximum Gasteiger partial charge on any atom is 0.295 e. The first-order chi connectivity index (χ1) is 15.5. The molecule has 1 heterocycles. The number of aliphatic hydroxyl groups is 1. The molecule has 5 heteroatoms. The standard InChI is InChI=1S/C27H25NO4/c1-3-18-9-11-20(12-10-18)24-23(25(29)21-13-15-22(32-2)16-14-21)26(30)27(31)28(24)17-19-7-5-4-6-8-19/h4-16,24,29H,3,17H2,1-2H3/b25-23+. The summed E-state index contributed by atoms with van der Waals surface area (Å²) < 4.78 is 5.18. The number of aryl methyl sites for hydroxylation is 1. The minimum absolute atomic E-state index is 0.0975. The van der Waals surface area contributed by atoms with Gasteiger partial charge in [-0.15, -0.1) is 0 Å². The van der Waals surface area contributed by atoms with Crippen molar-refractivity contribution in [1.29, 1.82) is 0 Å². The Morgan fingerprint density at radius 1 is 0.906 bits per heavy atom. The number of likely N-dealkylation sites (tertiary alicyclic amines) is 1. The smallest absolute Gasteiger partial charge is 0.295 e. The average molecular weight is 428 g/mol. The normalized spacial score (nSPS) is 17.6. The molecule has 0 saturated carbocycles. The zero-order valence-electron chi connectivity index (χ0n) is 18.1. The molecule has 1 atom stereocenters. The maximum absolute atomic E-state index is 13.1. The van der Waals surface area contributed by atoms with Gasteiger partial charge in [-0.2, -0.15) is 0 Å². The number of benzene rings is 3. The van der Waals surface area contributed by atoms with Gasteiger partial charge in [-0.25, -0.2) is 0 Å². The lowest BCUT2D eigenvalue weighted by Gasteiger charge is -2.25. The van der Waals surface area contributed by atoms with Crippen LogP contribution in [0.2, 0.25) is 0 Å². The van der Waals surface area contributed by atoms with Gasteiger partial charge in [0.05, 0.1) is 18.7 Å². The molecule has 0 aromatic heterocycles. The van der Waals surface area contributed by atoms with Gasteiger partial charge in [0.1, 0.15) is 11.5 Å². The Balaban J connectivity index is 1.83. The van der Waals surface area contributed by atoms with Crippen LogP contribution >= 0.6 is 0 Å². The number of amides is 1. The van der Waals surface area contributed by atoms with Gasteiger partial charge in [0, 0.05) is 12.1 Å². The second-order valence-electron chi connectivity index (χ2n) is 7.74. The number of hydrogen-bond acceptors (Lipinski definition) is 4. The fourth-order valence-electron chi connectivity index (χ4n) is 4.01. The molecule has 1 aliphatic heterocycles. The Bertz CT molecular complexity index is 1150. The lowest BCUT2D eigenvalue weighted by Crippen LogP contribution is -2.29. The number of aliphatic hydroxyl groups excluding tert-OH is 1. The summed E-state index contributed by atoms with van der Waals surface area (Å²) in [6, 6.07) is 23.5. The van der Waals surface area contributed by atoms with Gasteiger partial charge in [0.15, 0.2) is 0 Å². The van der Waals surface area contributed by atoms with E-state index < -0.39 is 17.7 Å². The zero-order chi connectivity index (χ0) is 22.7. The molecule has 32 heavy (non-hydrogen) atoms. The second kappa shape index (κ2) is 9.10. The number of rotatable bonds is 6. The highest BCUT2D eigenvalue weighted by atomic mass is 16.5. The molecule has 0 aliphatic carbocycles. The van der Waals surface area contributed by atoms with Gasteiger partial charge in [0.2, 0.25) is 0 Å². The van der Waals surface area contributed by atoms with Crippen LogP contribution in [0.4, 0.5) is 0 Å². The van der Waals surface area contributed by atoms with Crippen LogP contribution < -0.4 is 4.74 Å². The summed E-state index contributed by atoms with van der Waals surface area (Å²) in [4.78, 5) is 27.7. The average Bonchev–Trinajstić information content (AvgIpc) is 3.09. The van der Waals surface area contributed by atoms with Gasteiger partial charge >= 0.3 is 0 Å². The Labute approximate surface area is 187 Å². The summed E-state index contributed by atoms with van der Waals surface area (Å²) in [6.45, 7) is 2.34. The van der Waals surface area contributed by atoms with E-state index in [2.05, 4.69) is 6.92 Å². The third kappa shape index (κ3) is 4.02. The topological polar surface area (TPSA) is 66.8 Å². The second-order valence-corrected chi connectivity index (χ2v) is 7.74. The monoisotopic (exact) mass is 427 g/mol. The molecule has 162 valence electrons. The number of carbonyl (C=O) groups excluding carboxylic acids is 2. The van der Waals surface area contributed by atoms with E-state index in [1.807, 2.05) is 54.6 Å². The van der Waals surface area contributed by atoms with E-state index in [4.69, 9.17) is 4.74 Å². The third-order valence-electron chi connectivity index (χ3n) is 5.80. The van der Waals surface area contributed by atoms with Gasteiger partial charge in [-0.05, 0) is 47.4 Å². The molecule has 0 bridgehead atoms. The summed E-state index contributed by atoms with van der Waals surface area (Å²) in [7, 11) is 1.56. The van der Waals surface area contributed by atoms with Crippen LogP contribution in [0.15, 0.2) is 84.4 Å². The largest absolute Gasteiger partial charge is 0.507 e. The van der Waals surface area contributed by atoms with Gasteiger partial charge in [-0.1, -0.05) is 61.5 Å². The first kappa shape index (κ1) is 21.4. The minimum atomic E-state index is -0.682. The van der Waals surface area contributed by atoms with E-state index in [0.29, 0.717) is 11.3 Å². The van der Waals surface area contributed by atoms with E-state index in [1.165, 1.54) is 4.90 Å². The van der Waals surface area contributed by atoms with Crippen LogP contribution in [0.3, 0.4) is 0 Å². The SMILES string of the molecule is CCc1ccc(C2/C(=C(\O)c3ccc(OC)cc3)C(=O)C(=O)N2Cc2ccccc2)cc1. The van der Waals surface area contributed by atoms with Crippen molar-refractivity contribution in [2.75, 3.05) is 7.11 Å². The van der Waals surface area contributed by atoms with Crippen molar-refractivity contribution in [2.45, 2.75) is 25.9 Å². The highest BCUT2D eigenvalue weighted by Crippen LogP contribution is 2.40. The van der Waals surface area contributed by atoms with Crippen LogP contribution in [0.1, 0.15) is 35.2 Å². The van der Waals surface area contributed by atoms with Crippen molar-refractivity contribution in [3.63, 3.8) is 0 Å². The van der Waals surface area contributed by atoms with Crippen molar-refractivity contribution in [3.05, 3.63) is 107 Å². The van der Waals surface area contributed by atoms with Crippen LogP contribution in [0.5, 0.6) is 5.75 Å². The van der Waals surface area contributed by atoms with Crippen molar-refractivity contribution >= 4 is 17.4 Å². The highest BCUT2D eigenvalue weighted by Gasteiger charge is 2.46. The van der Waals surface area contributed by atoms with E-state index in [0.717, 1.165) is 23.1 Å². The first-order valence-electron chi connectivity index (χ1n) is 10.6. The number of Topliss-reactive ketones (excluding diaryl/α,β-unsaturated/α-hetero) is 1. The number of ketones is 1. The molecule has 0 radical (unpaired) electrons. The molecule has 1 aliphatic rings. The quantitative estimate of drug-likeness (QED) is 0.346. The third-order valence-corrected chi connectivity index (χ3v) is 5.80. The molecule has 4 rings (SSSR count). The van der Waals surface area contributed by atoms with E-state index in [1.54, 1.807) is 31.4 Å². The fourth-order valence-corrected chi connectivity index (χ4v) is 4.01. The van der Waals surface area contributed by atoms with Crippen LogP contribution in [0, 0.1) is 0 Å². The summed E-state index contributed by atoms with van der Waals surface area (Å²) in [6.07, 6.45) is 0.885. The van der Waals surface area contributed by atoms with E-state index >= 15 is 0 Å². The molecular weight excluding hydrogens is 402 g/mol. The van der Waals surface area contributed by atoms with Crippen molar-refractivity contribution in [2.24, 2.45) is 0 Å². The Morgan fingerprint density at radius 2 is 1.56 bits per heavy atom. The maximum atomic E-state index is 13.1. The summed E-state index contributed by atoms with van der Waals surface area (Å²) in [5.74, 6) is -0.851. The predicted octanol–water partition coefficient (Wildman–Crippen LogP) is 4.88. The summed E-state index contributed by atoms with van der Waals surface area (Å²) in [5.41, 5.74) is 3.41. The molecular formula is C27H25NO4. The van der Waals surface area contributed by atoms with Crippen molar-refractivity contribution in [3.8, 4) is 5.75 Å². The molecule has 1 N–H and O–H groups in total. The lowest BCUT2D eigenvalue weighted by molar-refractivity contribution is -0.140. The zero-order valence-corrected chi connectivity index (χ0v) is 18.1. The van der Waals surface area contributed by atoms with Crippen LogP contribution in [0.25, 0.3) is 5.76 Å². The number of carbonyl (C=O) groups is 2. The van der Waals surface area contributed by atoms with Gasteiger partial charge in [-0.3, -0.25) is 9.59 Å². The number of hydrogen-bond donors (Lipinski definition) is 1. The van der Waals surface area contributed by atoms with Gasteiger partial charge < -0.3 is 14.7 Å². The fraction of sp³-hybridized carbons (Fsp3) is 0.185. The number of methoxy groups -OCH3 is 1. The Morgan fingerprint density at radius 3 is 2.16 bits per heavy atom. The molecule has 0 spiro atoms. The molecule has 5 nitrogen and oxygen atoms in total. The van der Waals surface area contributed by atoms with Crippen molar-refractivity contribution < 1.29 is 19.4 Å². The van der Waals surface area contributed by atoms with E-state index in [9.17, 15) is 14.7 Å². The Hall–Kier alpha value is -3.86. The molecule has 1 fully saturated rings. The predicted molar refractivity (Wildman–Crippen MR) is 123 cm³/mol. The van der Waals surface area contributed by atoms with Crippen molar-refractivity contribution in [1.82, 2.24) is 4.90 Å². The van der Waals surface area contributed by atoms with Crippen LogP contribution in [-0.2, 0) is 22.6 Å². The van der Waals surface area contributed by atoms with E-state index in [-0.39, 0.29) is 17.9 Å². The summed E-state index contributed by atoms with van der Waals surface area (Å²) >= 11 is 0. The summed E-state index contributed by atoms with van der Waals surface area (Å²) in [5, 5.41) is 11.1. The first-order valence-corrected chi connectivity index (χ1v) is 10.6. The highest BCUT2D eigenvalue weighted by molar-refractivity contribution is 6.46. The molecule has 1 unspecified atom stereocenters. The number of nitrogens with zero attached hydrogens (tertiary/aromatic N) is 1. The van der Waals surface area contributed by atoms with Crippen LogP contribution in [-0.4, -0.2) is 28.8 Å². The number of ether oxygens (including phenoxy) is 1. The molecule has 3 aromatic carbocycles. The van der Waals surface area contributed by atoms with Gasteiger partial charge in [0.25, 0.3) is 11.7 Å².